The van der Waals surface area contributed by atoms with Gasteiger partial charge in [-0.15, -0.1) is 11.3 Å². The molecule has 0 spiro atoms. The molecule has 1 aromatic heterocycles. The first-order valence-corrected chi connectivity index (χ1v) is 8.16. The Morgan fingerprint density at radius 2 is 2.09 bits per heavy atom. The Kier molecular flexibility index (Phi) is 6.43. The van der Waals surface area contributed by atoms with Crippen LogP contribution in [-0.2, 0) is 17.8 Å². The molecule has 0 aliphatic heterocycles. The Hall–Kier alpha value is -1.85. The molecule has 1 amide bonds. The Morgan fingerprint density at radius 3 is 2.82 bits per heavy atom. The number of nitrogens with one attached hydrogen (secondary N) is 1. The molecule has 0 radical (unpaired) electrons. The largest absolute Gasteiger partial charge is 0.496 e. The molecule has 0 saturated carbocycles. The van der Waals surface area contributed by atoms with Crippen LogP contribution in [0.25, 0.3) is 0 Å². The fourth-order valence-electron chi connectivity index (χ4n) is 2.27. The van der Waals surface area contributed by atoms with Crippen molar-refractivity contribution in [2.75, 3.05) is 27.2 Å². The minimum atomic E-state index is 0.0500. The van der Waals surface area contributed by atoms with Gasteiger partial charge >= 0.3 is 0 Å². The van der Waals surface area contributed by atoms with Crippen molar-refractivity contribution in [1.29, 1.82) is 0 Å². The summed E-state index contributed by atoms with van der Waals surface area (Å²) in [5, 5.41) is 5.01. The minimum absolute atomic E-state index is 0.0500. The maximum atomic E-state index is 11.9. The smallest absolute Gasteiger partial charge is 0.234 e. The van der Waals surface area contributed by atoms with Crippen molar-refractivity contribution in [2.24, 2.45) is 0 Å². The number of para-hydroxylation sites is 1. The van der Waals surface area contributed by atoms with Gasteiger partial charge in [-0.3, -0.25) is 9.69 Å². The molecule has 0 saturated heterocycles. The summed E-state index contributed by atoms with van der Waals surface area (Å²) in [7, 11) is 3.62. The van der Waals surface area contributed by atoms with Crippen molar-refractivity contribution >= 4 is 17.2 Å². The fourth-order valence-corrected chi connectivity index (χ4v) is 3.06. The maximum Gasteiger partial charge on any atom is 0.234 e. The van der Waals surface area contributed by atoms with E-state index in [1.807, 2.05) is 42.3 Å². The molecule has 0 bridgehead atoms. The summed E-state index contributed by atoms with van der Waals surface area (Å²) in [5.41, 5.74) is 1.11. The highest BCUT2D eigenvalue weighted by Crippen LogP contribution is 2.17. The van der Waals surface area contributed by atoms with E-state index in [1.54, 1.807) is 18.4 Å². The summed E-state index contributed by atoms with van der Waals surface area (Å²) in [4.78, 5) is 15.2. The van der Waals surface area contributed by atoms with Crippen molar-refractivity contribution in [3.8, 4) is 5.75 Å². The van der Waals surface area contributed by atoms with Gasteiger partial charge in [-0.2, -0.15) is 0 Å². The van der Waals surface area contributed by atoms with Gasteiger partial charge < -0.3 is 10.1 Å². The lowest BCUT2D eigenvalue weighted by atomic mass is 10.1. The molecule has 1 heterocycles. The fraction of sp³-hybridized carbons (Fsp3) is 0.353. The summed E-state index contributed by atoms with van der Waals surface area (Å²) in [6.45, 7) is 1.83. The summed E-state index contributed by atoms with van der Waals surface area (Å²) in [5.74, 6) is 0.917. The summed E-state index contributed by atoms with van der Waals surface area (Å²) < 4.78 is 5.31. The number of thiophene rings is 1. The lowest BCUT2D eigenvalue weighted by Crippen LogP contribution is -2.35. The van der Waals surface area contributed by atoms with Gasteiger partial charge in [0, 0.05) is 18.0 Å². The van der Waals surface area contributed by atoms with Crippen LogP contribution in [0, 0.1) is 0 Å². The second-order valence-electron chi connectivity index (χ2n) is 5.16. The highest BCUT2D eigenvalue weighted by Gasteiger charge is 2.08. The predicted molar refractivity (Wildman–Crippen MR) is 90.4 cm³/mol. The Labute approximate surface area is 135 Å². The van der Waals surface area contributed by atoms with E-state index in [-0.39, 0.29) is 5.91 Å². The molecule has 5 heteroatoms. The molecular weight excluding hydrogens is 296 g/mol. The standard InChI is InChI=1S/C17H22N2O2S/c1-19(12-15-7-5-11-22-15)13-17(20)18-10-9-14-6-3-4-8-16(14)21-2/h3-8,11H,9-10,12-13H2,1-2H3,(H,18,20). The number of rotatable bonds is 8. The van der Waals surface area contributed by atoms with E-state index in [4.69, 9.17) is 4.74 Å². The van der Waals surface area contributed by atoms with E-state index in [0.717, 1.165) is 24.3 Å². The first-order valence-electron chi connectivity index (χ1n) is 7.28. The predicted octanol–water partition coefficient (Wildman–Crippen LogP) is 2.55. The van der Waals surface area contributed by atoms with Crippen LogP contribution in [0.3, 0.4) is 0 Å². The van der Waals surface area contributed by atoms with Gasteiger partial charge in [-0.05, 0) is 36.5 Å². The molecule has 4 nitrogen and oxygen atoms in total. The van der Waals surface area contributed by atoms with Crippen LogP contribution in [0.2, 0.25) is 0 Å². The van der Waals surface area contributed by atoms with Crippen molar-refractivity contribution in [3.05, 3.63) is 52.2 Å². The number of hydrogen-bond donors (Lipinski definition) is 1. The molecule has 0 atom stereocenters. The number of benzene rings is 1. The summed E-state index contributed by atoms with van der Waals surface area (Å²) in [6.07, 6.45) is 0.768. The van der Waals surface area contributed by atoms with Gasteiger partial charge in [0.15, 0.2) is 0 Å². The summed E-state index contributed by atoms with van der Waals surface area (Å²) >= 11 is 1.71. The molecule has 2 rings (SSSR count). The SMILES string of the molecule is COc1ccccc1CCNC(=O)CN(C)Cc1cccs1. The van der Waals surface area contributed by atoms with Crippen molar-refractivity contribution < 1.29 is 9.53 Å². The quantitative estimate of drug-likeness (QED) is 0.813. The van der Waals surface area contributed by atoms with Crippen LogP contribution in [0.5, 0.6) is 5.75 Å². The van der Waals surface area contributed by atoms with E-state index in [9.17, 15) is 4.79 Å². The molecule has 0 fully saturated rings. The maximum absolute atomic E-state index is 11.9. The van der Waals surface area contributed by atoms with Gasteiger partial charge in [-0.1, -0.05) is 24.3 Å². The molecular formula is C17H22N2O2S. The molecule has 118 valence electrons. The zero-order valence-corrected chi connectivity index (χ0v) is 13.9. The monoisotopic (exact) mass is 318 g/mol. The first kappa shape index (κ1) is 16.5. The Bertz CT molecular complexity index is 584. The van der Waals surface area contributed by atoms with Crippen molar-refractivity contribution in [3.63, 3.8) is 0 Å². The number of nitrogens with zero attached hydrogens (tertiary/aromatic N) is 1. The zero-order valence-electron chi connectivity index (χ0n) is 13.0. The zero-order chi connectivity index (χ0) is 15.8. The average Bonchev–Trinajstić information content (AvgIpc) is 3.00. The van der Waals surface area contributed by atoms with Gasteiger partial charge in [0.25, 0.3) is 0 Å². The van der Waals surface area contributed by atoms with Crippen LogP contribution in [0.15, 0.2) is 41.8 Å². The van der Waals surface area contributed by atoms with Gasteiger partial charge in [0.1, 0.15) is 5.75 Å². The van der Waals surface area contributed by atoms with Crippen LogP contribution in [0.4, 0.5) is 0 Å². The lowest BCUT2D eigenvalue weighted by molar-refractivity contribution is -0.122. The topological polar surface area (TPSA) is 41.6 Å². The second-order valence-corrected chi connectivity index (χ2v) is 6.20. The number of carbonyl (C=O) groups excluding carboxylic acids is 1. The van der Waals surface area contributed by atoms with Crippen molar-refractivity contribution in [2.45, 2.75) is 13.0 Å². The number of ether oxygens (including phenoxy) is 1. The van der Waals surface area contributed by atoms with Gasteiger partial charge in [-0.25, -0.2) is 0 Å². The van der Waals surface area contributed by atoms with Crippen LogP contribution in [0.1, 0.15) is 10.4 Å². The van der Waals surface area contributed by atoms with E-state index in [0.29, 0.717) is 13.1 Å². The Morgan fingerprint density at radius 1 is 1.27 bits per heavy atom. The number of methoxy groups -OCH3 is 1. The minimum Gasteiger partial charge on any atom is -0.496 e. The van der Waals surface area contributed by atoms with E-state index < -0.39 is 0 Å². The second kappa shape index (κ2) is 8.56. The first-order chi connectivity index (χ1) is 10.7. The molecule has 1 N–H and O–H groups in total. The number of amides is 1. The van der Waals surface area contributed by atoms with Gasteiger partial charge in [0.05, 0.1) is 13.7 Å². The average molecular weight is 318 g/mol. The number of likely N-dealkylation sites (N-methyl/N-ethyl adjacent to an activating group) is 1. The van der Waals surface area contributed by atoms with E-state index in [2.05, 4.69) is 16.8 Å². The molecule has 1 aromatic carbocycles. The van der Waals surface area contributed by atoms with Crippen LogP contribution >= 0.6 is 11.3 Å². The van der Waals surface area contributed by atoms with Crippen LogP contribution < -0.4 is 10.1 Å². The van der Waals surface area contributed by atoms with Crippen LogP contribution in [-0.4, -0.2) is 38.1 Å². The van der Waals surface area contributed by atoms with E-state index >= 15 is 0 Å². The Balaban J connectivity index is 1.71. The molecule has 0 aliphatic carbocycles. The van der Waals surface area contributed by atoms with E-state index in [1.165, 1.54) is 4.88 Å². The number of carbonyl (C=O) groups is 1. The van der Waals surface area contributed by atoms with Crippen molar-refractivity contribution in [1.82, 2.24) is 10.2 Å². The molecule has 0 aliphatic rings. The normalized spacial score (nSPS) is 10.7. The molecule has 2 aromatic rings. The third-order valence-corrected chi connectivity index (χ3v) is 4.19. The third-order valence-electron chi connectivity index (χ3n) is 3.33. The highest BCUT2D eigenvalue weighted by molar-refractivity contribution is 7.09. The van der Waals surface area contributed by atoms with Gasteiger partial charge in [0.2, 0.25) is 5.91 Å². The molecule has 0 unspecified atom stereocenters. The molecule has 22 heavy (non-hydrogen) atoms. The lowest BCUT2D eigenvalue weighted by Gasteiger charge is -2.15. The highest BCUT2D eigenvalue weighted by atomic mass is 32.1. The third kappa shape index (κ3) is 5.16. The number of hydrogen-bond acceptors (Lipinski definition) is 4. The summed E-state index contributed by atoms with van der Waals surface area (Å²) in [6, 6.07) is 12.0.